The molecule has 0 radical (unpaired) electrons. The minimum Gasteiger partial charge on any atom is -0.370 e. The fraction of sp³-hybridized carbons (Fsp3) is 0.143. The van der Waals surface area contributed by atoms with Gasteiger partial charge >= 0.3 is 0 Å². The van der Waals surface area contributed by atoms with Crippen LogP contribution in [0.3, 0.4) is 0 Å². The first-order chi connectivity index (χ1) is 8.69. The van der Waals surface area contributed by atoms with Gasteiger partial charge in [-0.2, -0.15) is 5.26 Å². The lowest BCUT2D eigenvalue weighted by Crippen LogP contribution is -2.05. The predicted molar refractivity (Wildman–Crippen MR) is 76.5 cm³/mol. The molecule has 0 saturated carbocycles. The first-order valence-corrected chi connectivity index (χ1v) is 6.32. The highest BCUT2D eigenvalue weighted by atomic mass is 32.1. The van der Waals surface area contributed by atoms with E-state index in [9.17, 15) is 0 Å². The molecule has 0 saturated heterocycles. The van der Waals surface area contributed by atoms with Gasteiger partial charge in [-0.1, -0.05) is 12.1 Å². The summed E-state index contributed by atoms with van der Waals surface area (Å²) < 4.78 is 0. The van der Waals surface area contributed by atoms with Crippen molar-refractivity contribution in [2.24, 2.45) is 0 Å². The van der Waals surface area contributed by atoms with E-state index < -0.39 is 0 Å². The Labute approximate surface area is 111 Å². The molecule has 0 fully saturated rings. The summed E-state index contributed by atoms with van der Waals surface area (Å²) in [5.74, 6) is 0. The lowest BCUT2D eigenvalue weighted by atomic mass is 10.2. The number of thiophene rings is 1. The first-order valence-electron chi connectivity index (χ1n) is 5.50. The van der Waals surface area contributed by atoms with Crippen LogP contribution >= 0.6 is 11.3 Å². The molecule has 0 aliphatic rings. The van der Waals surface area contributed by atoms with Crippen molar-refractivity contribution in [1.82, 2.24) is 4.98 Å². The zero-order valence-corrected chi connectivity index (χ0v) is 11.1. The Morgan fingerprint density at radius 1 is 1.22 bits per heavy atom. The fourth-order valence-electron chi connectivity index (χ4n) is 1.42. The fourth-order valence-corrected chi connectivity index (χ4v) is 2.25. The summed E-state index contributed by atoms with van der Waals surface area (Å²) >= 11 is 1.73. The van der Waals surface area contributed by atoms with E-state index in [1.165, 1.54) is 9.88 Å². The van der Waals surface area contributed by atoms with Gasteiger partial charge in [-0.15, -0.1) is 11.3 Å². The molecule has 0 aromatic carbocycles. The Morgan fingerprint density at radius 3 is 2.61 bits per heavy atom. The number of aromatic nitrogens is 1. The minimum absolute atomic E-state index is 0.443. The third-order valence-electron chi connectivity index (χ3n) is 2.39. The van der Waals surface area contributed by atoms with Gasteiger partial charge in [0.2, 0.25) is 0 Å². The quantitative estimate of drug-likeness (QED) is 0.845. The van der Waals surface area contributed by atoms with E-state index in [1.54, 1.807) is 23.6 Å². The average Bonchev–Trinajstić information content (AvgIpc) is 2.86. The molecule has 0 unspecified atom stereocenters. The topological polar surface area (TPSA) is 39.9 Å². The second-order valence-corrected chi connectivity index (χ2v) is 5.09. The molecule has 2 aromatic rings. The Balaban J connectivity index is 2.12. The summed E-state index contributed by atoms with van der Waals surface area (Å²) in [6.45, 7) is 0. The molecule has 0 N–H and O–H groups in total. The maximum atomic E-state index is 8.66. The van der Waals surface area contributed by atoms with Crippen LogP contribution in [0.4, 0.5) is 5.00 Å². The molecule has 4 heteroatoms. The Morgan fingerprint density at radius 2 is 2.06 bits per heavy atom. The molecule has 0 amide bonds. The molecule has 0 aliphatic heterocycles. The maximum absolute atomic E-state index is 8.66. The average molecular weight is 255 g/mol. The van der Waals surface area contributed by atoms with E-state index in [4.69, 9.17) is 5.26 Å². The van der Waals surface area contributed by atoms with Crippen molar-refractivity contribution in [3.8, 4) is 6.07 Å². The summed E-state index contributed by atoms with van der Waals surface area (Å²) in [4.78, 5) is 7.31. The summed E-state index contributed by atoms with van der Waals surface area (Å²) in [7, 11) is 4.06. The van der Waals surface area contributed by atoms with Crippen molar-refractivity contribution in [3.63, 3.8) is 0 Å². The molecule has 0 atom stereocenters. The van der Waals surface area contributed by atoms with Gasteiger partial charge in [0.25, 0.3) is 0 Å². The van der Waals surface area contributed by atoms with Crippen LogP contribution in [0.2, 0.25) is 0 Å². The molecule has 0 bridgehead atoms. The van der Waals surface area contributed by atoms with Crippen LogP contribution in [0.25, 0.3) is 12.2 Å². The lowest BCUT2D eigenvalue weighted by Gasteiger charge is -2.06. The van der Waals surface area contributed by atoms with Gasteiger partial charge in [0.1, 0.15) is 11.8 Å². The molecular weight excluding hydrogens is 242 g/mol. The molecule has 2 rings (SSSR count). The highest BCUT2D eigenvalue weighted by Crippen LogP contribution is 2.25. The van der Waals surface area contributed by atoms with Gasteiger partial charge in [0.15, 0.2) is 0 Å². The van der Waals surface area contributed by atoms with Crippen molar-refractivity contribution in [1.29, 1.82) is 5.26 Å². The van der Waals surface area contributed by atoms with E-state index in [0.29, 0.717) is 5.69 Å². The summed E-state index contributed by atoms with van der Waals surface area (Å²) in [5.41, 5.74) is 1.44. The number of anilines is 1. The molecule has 90 valence electrons. The number of nitriles is 1. The second kappa shape index (κ2) is 5.48. The summed E-state index contributed by atoms with van der Waals surface area (Å²) in [5, 5.41) is 9.89. The van der Waals surface area contributed by atoms with Gasteiger partial charge in [-0.05, 0) is 29.8 Å². The van der Waals surface area contributed by atoms with Crippen LogP contribution in [-0.2, 0) is 0 Å². The second-order valence-electron chi connectivity index (χ2n) is 3.99. The van der Waals surface area contributed by atoms with Gasteiger partial charge in [-0.25, -0.2) is 4.98 Å². The van der Waals surface area contributed by atoms with E-state index in [0.717, 1.165) is 5.56 Å². The van der Waals surface area contributed by atoms with E-state index in [2.05, 4.69) is 28.1 Å². The van der Waals surface area contributed by atoms with Crippen LogP contribution in [0.1, 0.15) is 16.1 Å². The maximum Gasteiger partial charge on any atom is 0.140 e. The van der Waals surface area contributed by atoms with E-state index in [1.807, 2.05) is 32.3 Å². The van der Waals surface area contributed by atoms with E-state index >= 15 is 0 Å². The zero-order valence-electron chi connectivity index (χ0n) is 10.3. The van der Waals surface area contributed by atoms with Crippen molar-refractivity contribution in [2.45, 2.75) is 0 Å². The Kier molecular flexibility index (Phi) is 3.75. The first kappa shape index (κ1) is 12.3. The number of nitrogens with zero attached hydrogens (tertiary/aromatic N) is 3. The highest BCUT2D eigenvalue weighted by Gasteiger charge is 1.98. The molecule has 2 aromatic heterocycles. The molecule has 0 spiro atoms. The van der Waals surface area contributed by atoms with Crippen molar-refractivity contribution < 1.29 is 0 Å². The molecule has 2 heterocycles. The SMILES string of the molecule is CN(C)c1ccc(/C=C/c2ccc(C#N)nc2)s1. The molecular formula is C14H13N3S. The lowest BCUT2D eigenvalue weighted by molar-refractivity contribution is 1.16. The van der Waals surface area contributed by atoms with Gasteiger partial charge in [0.05, 0.1) is 5.00 Å². The number of hydrogen-bond acceptors (Lipinski definition) is 4. The van der Waals surface area contributed by atoms with Gasteiger partial charge in [-0.3, -0.25) is 0 Å². The predicted octanol–water partition coefficient (Wildman–Crippen LogP) is 3.25. The normalized spacial score (nSPS) is 10.5. The smallest absolute Gasteiger partial charge is 0.140 e. The van der Waals surface area contributed by atoms with Crippen LogP contribution in [-0.4, -0.2) is 19.1 Å². The number of hydrogen-bond donors (Lipinski definition) is 0. The monoisotopic (exact) mass is 255 g/mol. The van der Waals surface area contributed by atoms with Crippen LogP contribution < -0.4 is 4.90 Å². The Bertz CT molecular complexity index is 588. The van der Waals surface area contributed by atoms with Gasteiger partial charge in [0, 0.05) is 25.2 Å². The van der Waals surface area contributed by atoms with Crippen LogP contribution in [0.15, 0.2) is 30.5 Å². The third kappa shape index (κ3) is 2.96. The zero-order chi connectivity index (χ0) is 13.0. The van der Waals surface area contributed by atoms with Crippen molar-refractivity contribution >= 4 is 28.5 Å². The number of rotatable bonds is 3. The highest BCUT2D eigenvalue weighted by molar-refractivity contribution is 7.16. The summed E-state index contributed by atoms with van der Waals surface area (Å²) in [6.07, 6.45) is 5.76. The van der Waals surface area contributed by atoms with Crippen LogP contribution in [0.5, 0.6) is 0 Å². The third-order valence-corrected chi connectivity index (χ3v) is 3.61. The Hall–Kier alpha value is -2.12. The van der Waals surface area contributed by atoms with E-state index in [-0.39, 0.29) is 0 Å². The molecule has 0 aliphatic carbocycles. The molecule has 3 nitrogen and oxygen atoms in total. The standard InChI is InChI=1S/C14H13N3S/c1-17(2)14-8-7-13(18-14)6-4-11-3-5-12(9-15)16-10-11/h3-8,10H,1-2H3/b6-4+. The largest absolute Gasteiger partial charge is 0.370 e. The summed E-state index contributed by atoms with van der Waals surface area (Å²) in [6, 6.07) is 9.81. The number of pyridine rings is 1. The minimum atomic E-state index is 0.443. The van der Waals surface area contributed by atoms with Crippen LogP contribution in [0, 0.1) is 11.3 Å². The van der Waals surface area contributed by atoms with Gasteiger partial charge < -0.3 is 4.90 Å². The van der Waals surface area contributed by atoms with Crippen molar-refractivity contribution in [2.75, 3.05) is 19.0 Å². The molecule has 18 heavy (non-hydrogen) atoms. The van der Waals surface area contributed by atoms with Crippen molar-refractivity contribution in [3.05, 3.63) is 46.6 Å².